The van der Waals surface area contributed by atoms with E-state index >= 15 is 0 Å². The number of aryl methyl sites for hydroxylation is 1. The maximum absolute atomic E-state index is 5.04. The minimum absolute atomic E-state index is 0.341. The molecule has 0 unspecified atom stereocenters. The van der Waals surface area contributed by atoms with Gasteiger partial charge in [0, 0.05) is 32.0 Å². The van der Waals surface area contributed by atoms with Gasteiger partial charge in [0.25, 0.3) is 0 Å². The lowest BCUT2D eigenvalue weighted by Crippen LogP contribution is -2.30. The fourth-order valence-corrected chi connectivity index (χ4v) is 3.18. The van der Waals surface area contributed by atoms with Crippen LogP contribution in [0.25, 0.3) is 22.6 Å². The molecule has 0 atom stereocenters. The largest absolute Gasteiger partial charge is 0.467 e. The first kappa shape index (κ1) is 15.7. The van der Waals surface area contributed by atoms with Gasteiger partial charge in [-0.05, 0) is 26.2 Å². The maximum Gasteiger partial charge on any atom is 0.316 e. The van der Waals surface area contributed by atoms with E-state index in [4.69, 9.17) is 9.72 Å². The van der Waals surface area contributed by atoms with E-state index in [2.05, 4.69) is 42.7 Å². The monoisotopic (exact) mass is 338 g/mol. The highest BCUT2D eigenvalue weighted by molar-refractivity contribution is 5.86. The number of aromatic nitrogens is 6. The van der Waals surface area contributed by atoms with Crippen molar-refractivity contribution in [2.24, 2.45) is 0 Å². The summed E-state index contributed by atoms with van der Waals surface area (Å²) in [5, 5.41) is 0. The molecule has 1 aliphatic rings. The van der Waals surface area contributed by atoms with Crippen molar-refractivity contribution in [1.29, 1.82) is 0 Å². The third-order valence-electron chi connectivity index (χ3n) is 4.40. The summed E-state index contributed by atoms with van der Waals surface area (Å²) in [5.41, 5.74) is 2.50. The maximum atomic E-state index is 5.04. The van der Waals surface area contributed by atoms with Crippen molar-refractivity contribution in [3.05, 3.63) is 25.1 Å². The Balaban J connectivity index is 1.84. The molecule has 0 spiro atoms. The molecule has 4 heterocycles. The van der Waals surface area contributed by atoms with Crippen molar-refractivity contribution in [2.75, 3.05) is 25.1 Å². The van der Waals surface area contributed by atoms with Crippen molar-refractivity contribution < 1.29 is 4.74 Å². The first-order valence-corrected chi connectivity index (χ1v) is 8.46. The topological polar surface area (TPSA) is 81.9 Å². The van der Waals surface area contributed by atoms with Gasteiger partial charge in [-0.25, -0.2) is 24.9 Å². The lowest BCUT2D eigenvalue weighted by atomic mass is 10.1. The van der Waals surface area contributed by atoms with Crippen LogP contribution < -0.4 is 9.64 Å². The van der Waals surface area contributed by atoms with Crippen LogP contribution in [-0.2, 0) is 6.54 Å². The molecule has 25 heavy (non-hydrogen) atoms. The zero-order valence-corrected chi connectivity index (χ0v) is 14.4. The van der Waals surface area contributed by atoms with Gasteiger partial charge >= 0.3 is 6.01 Å². The van der Waals surface area contributed by atoms with Gasteiger partial charge in [0.15, 0.2) is 17.0 Å². The molecule has 0 aliphatic carbocycles. The molecule has 3 aromatic heterocycles. The number of hydrogen-bond donors (Lipinski definition) is 0. The first-order valence-electron chi connectivity index (χ1n) is 8.46. The molecule has 0 aromatic carbocycles. The summed E-state index contributed by atoms with van der Waals surface area (Å²) in [6.45, 7) is 4.76. The Morgan fingerprint density at radius 3 is 2.52 bits per heavy atom. The van der Waals surface area contributed by atoms with Gasteiger partial charge in [-0.1, -0.05) is 0 Å². The predicted octanol–water partition coefficient (Wildman–Crippen LogP) is 2.12. The number of hydrogen-bond acceptors (Lipinski definition) is 7. The first-order chi connectivity index (χ1) is 12.3. The summed E-state index contributed by atoms with van der Waals surface area (Å²) in [6.07, 6.45) is 9.53. The van der Waals surface area contributed by atoms with E-state index in [1.807, 2.05) is 0 Å². The number of imidazole rings is 1. The Labute approximate surface area is 145 Å². The second-order valence-electron chi connectivity index (χ2n) is 5.86. The van der Waals surface area contributed by atoms with Crippen molar-refractivity contribution >= 4 is 17.0 Å². The number of piperidine rings is 1. The Morgan fingerprint density at radius 1 is 1.08 bits per heavy atom. The van der Waals surface area contributed by atoms with Gasteiger partial charge in [0.2, 0.25) is 0 Å². The third kappa shape index (κ3) is 2.77. The van der Waals surface area contributed by atoms with Crippen LogP contribution in [0.2, 0.25) is 0 Å². The van der Waals surface area contributed by atoms with E-state index in [0.717, 1.165) is 60.8 Å². The van der Waals surface area contributed by atoms with Gasteiger partial charge in [-0.2, -0.15) is 0 Å². The van der Waals surface area contributed by atoms with Crippen molar-refractivity contribution in [3.63, 3.8) is 0 Å². The Morgan fingerprint density at radius 2 is 1.84 bits per heavy atom. The van der Waals surface area contributed by atoms with E-state index in [-0.39, 0.29) is 0 Å². The molecule has 1 saturated heterocycles. The number of fused-ring (bicyclic) bond motifs is 1. The number of rotatable bonds is 4. The Kier molecular flexibility index (Phi) is 4.17. The summed E-state index contributed by atoms with van der Waals surface area (Å²) in [6, 6.07) is 0.341. The second kappa shape index (κ2) is 6.62. The molecule has 129 valence electrons. The van der Waals surface area contributed by atoms with E-state index in [9.17, 15) is 0 Å². The molecule has 8 heteroatoms. The standard InChI is InChI=1S/C17H20N7O/c1-3-24-14(12-9-18-17(25-2)19-10-12)22-13-15(20-11-21-16(13)24)23-7-5-4-6-8-23/h4,9-11H,3,5-8H2,1-2H3. The van der Waals surface area contributed by atoms with E-state index in [0.29, 0.717) is 6.01 Å². The molecule has 0 amide bonds. The minimum Gasteiger partial charge on any atom is -0.467 e. The average Bonchev–Trinajstić information content (AvgIpc) is 3.07. The molecule has 0 N–H and O–H groups in total. The predicted molar refractivity (Wildman–Crippen MR) is 94.3 cm³/mol. The van der Waals surface area contributed by atoms with E-state index in [1.165, 1.54) is 0 Å². The second-order valence-corrected chi connectivity index (χ2v) is 5.86. The van der Waals surface area contributed by atoms with E-state index < -0.39 is 0 Å². The third-order valence-corrected chi connectivity index (χ3v) is 4.40. The van der Waals surface area contributed by atoms with Crippen LogP contribution in [0.1, 0.15) is 19.8 Å². The fraction of sp³-hybridized carbons (Fsp3) is 0.412. The van der Waals surface area contributed by atoms with Crippen LogP contribution in [-0.4, -0.2) is 49.7 Å². The Hall–Kier alpha value is -2.77. The van der Waals surface area contributed by atoms with Gasteiger partial charge in [-0.15, -0.1) is 0 Å². The molecule has 8 nitrogen and oxygen atoms in total. The molecule has 0 bridgehead atoms. The fourth-order valence-electron chi connectivity index (χ4n) is 3.18. The van der Waals surface area contributed by atoms with Gasteiger partial charge < -0.3 is 14.2 Å². The lowest BCUT2D eigenvalue weighted by Gasteiger charge is -2.27. The number of methoxy groups -OCH3 is 1. The van der Waals surface area contributed by atoms with Crippen molar-refractivity contribution in [1.82, 2.24) is 29.5 Å². The van der Waals surface area contributed by atoms with E-state index in [1.54, 1.807) is 25.8 Å². The van der Waals surface area contributed by atoms with Gasteiger partial charge in [-0.3, -0.25) is 0 Å². The van der Waals surface area contributed by atoms with Crippen LogP contribution in [0.3, 0.4) is 0 Å². The highest BCUT2D eigenvalue weighted by Crippen LogP contribution is 2.29. The van der Waals surface area contributed by atoms with Crippen LogP contribution in [0.4, 0.5) is 5.82 Å². The molecule has 4 rings (SSSR count). The SMILES string of the molecule is CCn1c(-c2cnc(OC)nc2)nc2c(N3CC[CH]CC3)ncnc21. The molecule has 1 fully saturated rings. The summed E-state index contributed by atoms with van der Waals surface area (Å²) in [7, 11) is 1.55. The average molecular weight is 338 g/mol. The van der Waals surface area contributed by atoms with Crippen molar-refractivity contribution in [2.45, 2.75) is 26.3 Å². The van der Waals surface area contributed by atoms with Crippen LogP contribution in [0.5, 0.6) is 6.01 Å². The van der Waals surface area contributed by atoms with Crippen LogP contribution in [0, 0.1) is 6.42 Å². The van der Waals surface area contributed by atoms with Crippen LogP contribution in [0.15, 0.2) is 18.7 Å². The zero-order chi connectivity index (χ0) is 17.2. The van der Waals surface area contributed by atoms with Gasteiger partial charge in [0.1, 0.15) is 12.2 Å². The summed E-state index contributed by atoms with van der Waals surface area (Å²) in [4.78, 5) is 24.5. The van der Waals surface area contributed by atoms with Gasteiger partial charge in [0.05, 0.1) is 12.7 Å². The smallest absolute Gasteiger partial charge is 0.316 e. The normalized spacial score (nSPS) is 14.9. The Bertz CT molecular complexity index is 869. The summed E-state index contributed by atoms with van der Waals surface area (Å²) >= 11 is 0. The molecule has 1 radical (unpaired) electrons. The molecule has 0 saturated carbocycles. The highest BCUT2D eigenvalue weighted by Gasteiger charge is 2.21. The number of nitrogens with zero attached hydrogens (tertiary/aromatic N) is 7. The summed E-state index contributed by atoms with van der Waals surface area (Å²) < 4.78 is 7.11. The molecule has 1 aliphatic heterocycles. The quantitative estimate of drug-likeness (QED) is 0.720. The number of ether oxygens (including phenoxy) is 1. The highest BCUT2D eigenvalue weighted by atomic mass is 16.5. The zero-order valence-electron chi connectivity index (χ0n) is 14.4. The lowest BCUT2D eigenvalue weighted by molar-refractivity contribution is 0.380. The molecular weight excluding hydrogens is 318 g/mol. The summed E-state index contributed by atoms with van der Waals surface area (Å²) in [5.74, 6) is 1.70. The molecular formula is C17H20N7O. The molecule has 3 aromatic rings. The minimum atomic E-state index is 0.341. The van der Waals surface area contributed by atoms with Crippen LogP contribution >= 0.6 is 0 Å². The number of anilines is 1. The van der Waals surface area contributed by atoms with Crippen molar-refractivity contribution in [3.8, 4) is 17.4 Å².